The Morgan fingerprint density at radius 1 is 0.259 bits per heavy atom. The average Bonchev–Trinajstić information content (AvgIpc) is 3.47. The first kappa shape index (κ1) is 77.3. The monoisotopic (exact) mass is 1130 g/mol. The highest BCUT2D eigenvalue weighted by atomic mass is 16.6. The van der Waals surface area contributed by atoms with Crippen molar-refractivity contribution in [3.8, 4) is 0 Å². The van der Waals surface area contributed by atoms with E-state index in [0.717, 1.165) is 122 Å². The molecule has 0 aromatic carbocycles. The molecule has 6 nitrogen and oxygen atoms in total. The molecule has 0 saturated carbocycles. The predicted octanol–water partition coefficient (Wildman–Crippen LogP) is 24.0. The Bertz CT molecular complexity index is 1580. The van der Waals surface area contributed by atoms with Gasteiger partial charge in [0.15, 0.2) is 6.10 Å². The third-order valence-electron chi connectivity index (χ3n) is 15.1. The summed E-state index contributed by atoms with van der Waals surface area (Å²) in [6.07, 6.45) is 92.7. The van der Waals surface area contributed by atoms with Crippen molar-refractivity contribution in [2.75, 3.05) is 13.2 Å². The summed E-state index contributed by atoms with van der Waals surface area (Å²) in [4.78, 5) is 38.5. The van der Waals surface area contributed by atoms with Gasteiger partial charge in [-0.1, -0.05) is 317 Å². The number of hydrogen-bond acceptors (Lipinski definition) is 6. The van der Waals surface area contributed by atoms with Crippen LogP contribution in [0.2, 0.25) is 0 Å². The highest BCUT2D eigenvalue weighted by Gasteiger charge is 2.19. The van der Waals surface area contributed by atoms with Gasteiger partial charge in [0.2, 0.25) is 0 Å². The molecule has 0 N–H and O–H groups in total. The Labute approximate surface area is 502 Å². The summed E-state index contributed by atoms with van der Waals surface area (Å²) in [5, 5.41) is 0. The first-order valence-electron chi connectivity index (χ1n) is 34.7. The largest absolute Gasteiger partial charge is 0.462 e. The van der Waals surface area contributed by atoms with Crippen molar-refractivity contribution in [2.45, 2.75) is 348 Å². The van der Waals surface area contributed by atoms with Crippen molar-refractivity contribution in [1.82, 2.24) is 0 Å². The van der Waals surface area contributed by atoms with Crippen molar-refractivity contribution < 1.29 is 28.6 Å². The quantitative estimate of drug-likeness (QED) is 0.0261. The van der Waals surface area contributed by atoms with Crippen LogP contribution in [0, 0.1) is 0 Å². The number of rotatable bonds is 63. The molecule has 0 fully saturated rings. The second kappa shape index (κ2) is 68.8. The molecule has 0 bridgehead atoms. The molecule has 0 saturated heterocycles. The van der Waals surface area contributed by atoms with E-state index in [1.54, 1.807) is 0 Å². The highest BCUT2D eigenvalue weighted by Crippen LogP contribution is 2.17. The lowest BCUT2D eigenvalue weighted by atomic mass is 10.0. The van der Waals surface area contributed by atoms with Gasteiger partial charge in [0.05, 0.1) is 0 Å². The molecule has 0 radical (unpaired) electrons. The number of esters is 3. The fourth-order valence-corrected chi connectivity index (χ4v) is 9.89. The summed E-state index contributed by atoms with van der Waals surface area (Å²) in [6.45, 7) is 6.54. The lowest BCUT2D eigenvalue weighted by Gasteiger charge is -2.18. The van der Waals surface area contributed by atoms with Gasteiger partial charge >= 0.3 is 17.9 Å². The van der Waals surface area contributed by atoms with Crippen LogP contribution in [-0.2, 0) is 28.6 Å². The van der Waals surface area contributed by atoms with E-state index >= 15 is 0 Å². The van der Waals surface area contributed by atoms with Crippen LogP contribution >= 0.6 is 0 Å². The molecular formula is C75H130O6. The van der Waals surface area contributed by atoms with Crippen LogP contribution in [0.15, 0.2) is 97.2 Å². The van der Waals surface area contributed by atoms with Crippen LogP contribution in [0.3, 0.4) is 0 Å². The zero-order valence-corrected chi connectivity index (χ0v) is 53.5. The summed E-state index contributed by atoms with van der Waals surface area (Å²) in [5.74, 6) is -0.891. The highest BCUT2D eigenvalue weighted by molar-refractivity contribution is 5.71. The maximum Gasteiger partial charge on any atom is 0.306 e. The smallest absolute Gasteiger partial charge is 0.306 e. The van der Waals surface area contributed by atoms with Gasteiger partial charge in [-0.05, 0) is 103 Å². The van der Waals surface area contributed by atoms with Gasteiger partial charge in [0, 0.05) is 19.3 Å². The molecule has 6 heteroatoms. The Kier molecular flexibility index (Phi) is 65.7. The first-order chi connectivity index (χ1) is 40.0. The summed E-state index contributed by atoms with van der Waals surface area (Å²) in [5.41, 5.74) is 0. The van der Waals surface area contributed by atoms with Gasteiger partial charge in [-0.2, -0.15) is 0 Å². The SMILES string of the molecule is CC/C=C\C/C=C\C/C=C\C/C=C\C/C=C\CCCCCCCCCC(=O)OCC(COC(=O)CCCCCCCCCCCCCCCCCCCCC)OC(=O)CCCCCCCC/C=C\C/C=C\C/C=C\CCCCCCC. The van der Waals surface area contributed by atoms with E-state index in [1.165, 1.54) is 180 Å². The van der Waals surface area contributed by atoms with Crippen molar-refractivity contribution in [3.63, 3.8) is 0 Å². The zero-order chi connectivity index (χ0) is 58.5. The summed E-state index contributed by atoms with van der Waals surface area (Å²) >= 11 is 0. The number of unbranched alkanes of at least 4 members (excludes halogenated alkanes) is 36. The molecule has 81 heavy (non-hydrogen) atoms. The number of allylic oxidation sites excluding steroid dienone is 16. The van der Waals surface area contributed by atoms with E-state index in [2.05, 4.69) is 118 Å². The van der Waals surface area contributed by atoms with Crippen molar-refractivity contribution in [3.05, 3.63) is 97.2 Å². The second-order valence-electron chi connectivity index (χ2n) is 23.1. The minimum Gasteiger partial charge on any atom is -0.462 e. The van der Waals surface area contributed by atoms with E-state index in [4.69, 9.17) is 14.2 Å². The second-order valence-corrected chi connectivity index (χ2v) is 23.1. The molecule has 0 aliphatic carbocycles. The minimum absolute atomic E-state index is 0.0839. The summed E-state index contributed by atoms with van der Waals surface area (Å²) in [6, 6.07) is 0. The standard InChI is InChI=1S/C75H130O6/c1-4-7-10-13-16-19-22-25-28-31-34-36-37-39-41-44-47-50-53-56-59-62-65-68-74(77)80-71-72(70-79-73(76)67-64-61-58-55-52-49-46-43-40-33-30-27-24-21-18-15-12-9-6-3)81-75(78)69-66-63-60-57-54-51-48-45-42-38-35-32-29-26-23-20-17-14-11-8-5-2/h7,10,16,19,23,25-26,28,32,34-36,39,41-42,45,72H,4-6,8-9,11-15,17-18,20-22,24,27,29-31,33,37-38,40,43-44,46-71H2,1-3H3/b10-7-,19-16-,26-23-,28-25-,35-32-,36-34-,41-39-,45-42-. The Morgan fingerprint density at radius 3 is 0.753 bits per heavy atom. The molecule has 0 spiro atoms. The molecule has 0 heterocycles. The summed E-state index contributed by atoms with van der Waals surface area (Å²) in [7, 11) is 0. The van der Waals surface area contributed by atoms with Crippen LogP contribution in [0.25, 0.3) is 0 Å². The maximum absolute atomic E-state index is 13.0. The van der Waals surface area contributed by atoms with Gasteiger partial charge in [0.1, 0.15) is 13.2 Å². The third kappa shape index (κ3) is 67.0. The van der Waals surface area contributed by atoms with Crippen LogP contribution < -0.4 is 0 Å². The number of hydrogen-bond donors (Lipinski definition) is 0. The first-order valence-corrected chi connectivity index (χ1v) is 34.7. The molecule has 0 rings (SSSR count). The van der Waals surface area contributed by atoms with Crippen molar-refractivity contribution in [2.24, 2.45) is 0 Å². The van der Waals surface area contributed by atoms with E-state index in [0.29, 0.717) is 19.3 Å². The lowest BCUT2D eigenvalue weighted by molar-refractivity contribution is -0.167. The average molecular weight is 1130 g/mol. The van der Waals surface area contributed by atoms with Gasteiger partial charge in [0.25, 0.3) is 0 Å². The van der Waals surface area contributed by atoms with Crippen LogP contribution in [0.5, 0.6) is 0 Å². The van der Waals surface area contributed by atoms with E-state index in [9.17, 15) is 14.4 Å². The fourth-order valence-electron chi connectivity index (χ4n) is 9.89. The van der Waals surface area contributed by atoms with Crippen LogP contribution in [-0.4, -0.2) is 37.2 Å². The molecule has 466 valence electrons. The number of carbonyl (C=O) groups is 3. The maximum atomic E-state index is 13.0. The van der Waals surface area contributed by atoms with Crippen molar-refractivity contribution in [1.29, 1.82) is 0 Å². The topological polar surface area (TPSA) is 78.9 Å². The molecule has 1 unspecified atom stereocenters. The number of ether oxygens (including phenoxy) is 3. The molecule has 0 amide bonds. The van der Waals surface area contributed by atoms with Crippen LogP contribution in [0.1, 0.15) is 342 Å². The van der Waals surface area contributed by atoms with Gasteiger partial charge in [-0.25, -0.2) is 0 Å². The Balaban J connectivity index is 4.42. The number of carbonyl (C=O) groups excluding carboxylic acids is 3. The lowest BCUT2D eigenvalue weighted by Crippen LogP contribution is -2.30. The molecule has 0 aromatic heterocycles. The van der Waals surface area contributed by atoms with E-state index in [1.807, 2.05) is 0 Å². The minimum atomic E-state index is -0.791. The van der Waals surface area contributed by atoms with Gasteiger partial charge < -0.3 is 14.2 Å². The molecule has 0 aromatic rings. The van der Waals surface area contributed by atoms with Gasteiger partial charge in [-0.3, -0.25) is 14.4 Å². The molecular weight excluding hydrogens is 997 g/mol. The Morgan fingerprint density at radius 2 is 0.481 bits per heavy atom. The molecule has 1 atom stereocenters. The van der Waals surface area contributed by atoms with Crippen molar-refractivity contribution >= 4 is 17.9 Å². The van der Waals surface area contributed by atoms with Gasteiger partial charge in [-0.15, -0.1) is 0 Å². The normalized spacial score (nSPS) is 12.7. The molecule has 0 aliphatic rings. The summed E-state index contributed by atoms with van der Waals surface area (Å²) < 4.78 is 17.0. The Hall–Kier alpha value is -3.67. The fraction of sp³-hybridized carbons (Fsp3) is 0.747. The van der Waals surface area contributed by atoms with Crippen LogP contribution in [0.4, 0.5) is 0 Å². The zero-order valence-electron chi connectivity index (χ0n) is 53.5. The third-order valence-corrected chi connectivity index (χ3v) is 15.1. The van der Waals surface area contributed by atoms with E-state index < -0.39 is 6.10 Å². The molecule has 0 aliphatic heterocycles. The van der Waals surface area contributed by atoms with E-state index in [-0.39, 0.29) is 31.1 Å². The predicted molar refractivity (Wildman–Crippen MR) is 353 cm³/mol.